The van der Waals surface area contributed by atoms with Crippen molar-refractivity contribution in [3.05, 3.63) is 131 Å². The molecule has 0 saturated heterocycles. The van der Waals surface area contributed by atoms with Gasteiger partial charge in [-0.3, -0.25) is 9.78 Å². The SMILES string of the molecule is O=C1/C(=C\c2ccccn2)C(c2ccccc2)Oc2cc(OCc3ccccc3)ccc21. The van der Waals surface area contributed by atoms with Crippen LogP contribution in [0.2, 0.25) is 0 Å². The molecule has 0 spiro atoms. The van der Waals surface area contributed by atoms with Crippen LogP contribution in [0.1, 0.15) is 33.3 Å². The van der Waals surface area contributed by atoms with Gasteiger partial charge in [-0.05, 0) is 41.5 Å². The Hall–Kier alpha value is -4.18. The number of ketones is 1. The molecule has 0 saturated carbocycles. The largest absolute Gasteiger partial charge is 0.489 e. The molecule has 4 heteroatoms. The van der Waals surface area contributed by atoms with Crippen LogP contribution in [0.15, 0.2) is 109 Å². The van der Waals surface area contributed by atoms with Crippen molar-refractivity contribution in [1.82, 2.24) is 4.98 Å². The van der Waals surface area contributed by atoms with E-state index in [0.29, 0.717) is 34.9 Å². The van der Waals surface area contributed by atoms with Gasteiger partial charge in [0.15, 0.2) is 11.9 Å². The molecule has 0 fully saturated rings. The predicted molar refractivity (Wildman–Crippen MR) is 124 cm³/mol. The molecule has 1 aliphatic rings. The summed E-state index contributed by atoms with van der Waals surface area (Å²) in [7, 11) is 0. The summed E-state index contributed by atoms with van der Waals surface area (Å²) in [5, 5.41) is 0. The molecule has 5 rings (SSSR count). The van der Waals surface area contributed by atoms with Crippen molar-refractivity contribution in [3.8, 4) is 11.5 Å². The Bertz CT molecular complexity index is 1250. The van der Waals surface area contributed by atoms with Crippen molar-refractivity contribution in [2.24, 2.45) is 0 Å². The van der Waals surface area contributed by atoms with Crippen LogP contribution in [0.5, 0.6) is 11.5 Å². The third-order valence-electron chi connectivity index (χ3n) is 5.33. The average molecular weight is 419 g/mol. The summed E-state index contributed by atoms with van der Waals surface area (Å²) >= 11 is 0. The topological polar surface area (TPSA) is 48.4 Å². The van der Waals surface area contributed by atoms with Gasteiger partial charge >= 0.3 is 0 Å². The standard InChI is InChI=1S/C28H21NO3/c30-27-24-15-14-23(31-19-20-9-3-1-4-10-20)18-26(24)32-28(21-11-5-2-6-12-21)25(27)17-22-13-7-8-16-29-22/h1-18,28H,19H2/b25-17+. The van der Waals surface area contributed by atoms with E-state index in [4.69, 9.17) is 9.47 Å². The highest BCUT2D eigenvalue weighted by molar-refractivity contribution is 6.14. The van der Waals surface area contributed by atoms with Gasteiger partial charge in [0.1, 0.15) is 18.1 Å². The number of rotatable bonds is 5. The Balaban J connectivity index is 1.49. The highest BCUT2D eigenvalue weighted by atomic mass is 16.5. The molecule has 2 heterocycles. The van der Waals surface area contributed by atoms with E-state index in [1.54, 1.807) is 18.3 Å². The van der Waals surface area contributed by atoms with Crippen molar-refractivity contribution >= 4 is 11.9 Å². The van der Waals surface area contributed by atoms with Gasteiger partial charge in [-0.15, -0.1) is 0 Å². The Morgan fingerprint density at radius 2 is 1.62 bits per heavy atom. The van der Waals surface area contributed by atoms with Gasteiger partial charge in [0.2, 0.25) is 0 Å². The molecule has 1 unspecified atom stereocenters. The van der Waals surface area contributed by atoms with Crippen LogP contribution in [0, 0.1) is 0 Å². The number of pyridine rings is 1. The van der Waals surface area contributed by atoms with Gasteiger partial charge in [0.25, 0.3) is 0 Å². The molecule has 3 aromatic carbocycles. The zero-order chi connectivity index (χ0) is 21.8. The first-order valence-electron chi connectivity index (χ1n) is 10.5. The monoisotopic (exact) mass is 419 g/mol. The number of aromatic nitrogens is 1. The van der Waals surface area contributed by atoms with Crippen LogP contribution < -0.4 is 9.47 Å². The molecule has 4 aromatic rings. The maximum Gasteiger partial charge on any atom is 0.196 e. The first-order valence-corrected chi connectivity index (χ1v) is 10.5. The number of benzene rings is 3. The fraction of sp³-hybridized carbons (Fsp3) is 0.0714. The molecule has 156 valence electrons. The van der Waals surface area contributed by atoms with E-state index in [0.717, 1.165) is 11.1 Å². The number of hydrogen-bond acceptors (Lipinski definition) is 4. The van der Waals surface area contributed by atoms with Crippen molar-refractivity contribution < 1.29 is 14.3 Å². The minimum Gasteiger partial charge on any atom is -0.489 e. The second-order valence-electron chi connectivity index (χ2n) is 7.52. The first-order chi connectivity index (χ1) is 15.8. The fourth-order valence-corrected chi connectivity index (χ4v) is 3.72. The summed E-state index contributed by atoms with van der Waals surface area (Å²) in [5.74, 6) is 1.11. The zero-order valence-corrected chi connectivity index (χ0v) is 17.3. The molecule has 0 N–H and O–H groups in total. The summed E-state index contributed by atoms with van der Waals surface area (Å²) in [6.07, 6.45) is 2.99. The second kappa shape index (κ2) is 8.90. The number of carbonyl (C=O) groups is 1. The summed E-state index contributed by atoms with van der Waals surface area (Å²) in [5.41, 5.74) is 3.77. The van der Waals surface area contributed by atoms with E-state index in [-0.39, 0.29) is 5.78 Å². The van der Waals surface area contributed by atoms with Gasteiger partial charge in [-0.2, -0.15) is 0 Å². The Kier molecular flexibility index (Phi) is 5.50. The Morgan fingerprint density at radius 3 is 2.38 bits per heavy atom. The fourth-order valence-electron chi connectivity index (χ4n) is 3.72. The maximum atomic E-state index is 13.5. The highest BCUT2D eigenvalue weighted by Gasteiger charge is 2.33. The van der Waals surface area contributed by atoms with Crippen molar-refractivity contribution in [2.75, 3.05) is 0 Å². The lowest BCUT2D eigenvalue weighted by Crippen LogP contribution is -2.24. The highest BCUT2D eigenvalue weighted by Crippen LogP contribution is 2.40. The molecular formula is C28H21NO3. The van der Waals surface area contributed by atoms with Crippen molar-refractivity contribution in [3.63, 3.8) is 0 Å². The summed E-state index contributed by atoms with van der Waals surface area (Å²) in [6.45, 7) is 0.445. The Labute approximate surface area is 186 Å². The number of fused-ring (bicyclic) bond motifs is 1. The van der Waals surface area contributed by atoms with E-state index >= 15 is 0 Å². The van der Waals surface area contributed by atoms with Crippen molar-refractivity contribution in [1.29, 1.82) is 0 Å². The van der Waals surface area contributed by atoms with Gasteiger partial charge in [0, 0.05) is 17.8 Å². The van der Waals surface area contributed by atoms with E-state index < -0.39 is 6.10 Å². The predicted octanol–water partition coefficient (Wildman–Crippen LogP) is 6.06. The summed E-state index contributed by atoms with van der Waals surface area (Å²) in [4.78, 5) is 17.8. The molecule has 1 atom stereocenters. The van der Waals surface area contributed by atoms with Crippen LogP contribution in [-0.2, 0) is 6.61 Å². The average Bonchev–Trinajstić information content (AvgIpc) is 2.86. The number of ether oxygens (including phenoxy) is 2. The molecule has 0 radical (unpaired) electrons. The second-order valence-corrected chi connectivity index (χ2v) is 7.52. The van der Waals surface area contributed by atoms with Crippen LogP contribution in [-0.4, -0.2) is 10.8 Å². The third kappa shape index (κ3) is 4.16. The molecule has 1 aliphatic heterocycles. The molecule has 0 bridgehead atoms. The van der Waals surface area contributed by atoms with Crippen LogP contribution in [0.25, 0.3) is 6.08 Å². The van der Waals surface area contributed by atoms with Gasteiger partial charge in [-0.25, -0.2) is 0 Å². The number of Topliss-reactive ketones (excluding diaryl/α,β-unsaturated/α-hetero) is 1. The lowest BCUT2D eigenvalue weighted by molar-refractivity contribution is 0.0963. The van der Waals surface area contributed by atoms with Crippen LogP contribution in [0.3, 0.4) is 0 Å². The minimum absolute atomic E-state index is 0.0691. The van der Waals surface area contributed by atoms with E-state index in [1.807, 2.05) is 91.0 Å². The molecular weight excluding hydrogens is 398 g/mol. The molecule has 4 nitrogen and oxygen atoms in total. The van der Waals surface area contributed by atoms with Gasteiger partial charge in [0.05, 0.1) is 11.3 Å². The normalized spacial score (nSPS) is 16.3. The van der Waals surface area contributed by atoms with E-state index in [9.17, 15) is 4.79 Å². The van der Waals surface area contributed by atoms with Crippen LogP contribution in [0.4, 0.5) is 0 Å². The molecule has 32 heavy (non-hydrogen) atoms. The quantitative estimate of drug-likeness (QED) is 0.369. The number of carbonyl (C=O) groups excluding carboxylic acids is 1. The van der Waals surface area contributed by atoms with Gasteiger partial charge in [-0.1, -0.05) is 66.7 Å². The number of hydrogen-bond donors (Lipinski definition) is 0. The third-order valence-corrected chi connectivity index (χ3v) is 5.33. The van der Waals surface area contributed by atoms with Gasteiger partial charge < -0.3 is 9.47 Å². The maximum absolute atomic E-state index is 13.5. The Morgan fingerprint density at radius 1 is 0.875 bits per heavy atom. The van der Waals surface area contributed by atoms with Crippen LogP contribution >= 0.6 is 0 Å². The lowest BCUT2D eigenvalue weighted by atomic mass is 9.90. The molecule has 0 aliphatic carbocycles. The minimum atomic E-state index is -0.525. The summed E-state index contributed by atoms with van der Waals surface area (Å²) < 4.78 is 12.3. The first kappa shape index (κ1) is 19.8. The zero-order valence-electron chi connectivity index (χ0n) is 17.3. The number of nitrogens with zero attached hydrogens (tertiary/aromatic N) is 1. The lowest BCUT2D eigenvalue weighted by Gasteiger charge is -2.28. The smallest absolute Gasteiger partial charge is 0.196 e. The molecule has 1 aromatic heterocycles. The summed E-state index contributed by atoms with van der Waals surface area (Å²) in [6, 6.07) is 30.7. The van der Waals surface area contributed by atoms with Crippen molar-refractivity contribution in [2.45, 2.75) is 12.7 Å². The molecule has 0 amide bonds. The van der Waals surface area contributed by atoms with E-state index in [2.05, 4.69) is 4.98 Å². The van der Waals surface area contributed by atoms with E-state index in [1.165, 1.54) is 0 Å².